The molecule has 1 rings (SSSR count). The molecule has 0 saturated heterocycles. The van der Waals surface area contributed by atoms with Gasteiger partial charge >= 0.3 is 6.18 Å². The highest BCUT2D eigenvalue weighted by Gasteiger charge is 2.31. The van der Waals surface area contributed by atoms with Gasteiger partial charge in [-0.05, 0) is 30.0 Å². The molecular weight excluding hydrogens is 263 g/mol. The summed E-state index contributed by atoms with van der Waals surface area (Å²) in [5.41, 5.74) is -0.189. The second-order valence-electron chi connectivity index (χ2n) is 5.46. The number of halogens is 4. The van der Waals surface area contributed by atoms with Gasteiger partial charge in [0.25, 0.3) is 0 Å². The number of rotatable bonds is 3. The molecule has 1 nitrogen and oxygen atoms in total. The van der Waals surface area contributed by atoms with E-state index >= 15 is 0 Å². The SMILES string of the molecule is CC(C)(C)CCNc1cc(Cl)cc(C(F)(F)F)c1. The summed E-state index contributed by atoms with van der Waals surface area (Å²) in [4.78, 5) is 0. The maximum Gasteiger partial charge on any atom is 0.416 e. The van der Waals surface area contributed by atoms with E-state index in [1.165, 1.54) is 6.07 Å². The number of nitrogens with one attached hydrogen (secondary N) is 1. The minimum absolute atomic E-state index is 0.0862. The minimum Gasteiger partial charge on any atom is -0.385 e. The molecule has 5 heteroatoms. The Morgan fingerprint density at radius 3 is 2.22 bits per heavy atom. The molecule has 0 fully saturated rings. The molecule has 1 aromatic carbocycles. The third-order valence-corrected chi connectivity index (χ3v) is 2.65. The third-order valence-electron chi connectivity index (χ3n) is 2.43. The molecular formula is C13H17ClF3N. The van der Waals surface area contributed by atoms with Crippen molar-refractivity contribution in [2.24, 2.45) is 5.41 Å². The molecule has 18 heavy (non-hydrogen) atoms. The largest absolute Gasteiger partial charge is 0.416 e. The molecule has 0 aliphatic carbocycles. The molecule has 102 valence electrons. The summed E-state index contributed by atoms with van der Waals surface area (Å²) >= 11 is 5.68. The summed E-state index contributed by atoms with van der Waals surface area (Å²) in [5, 5.41) is 3.06. The zero-order chi connectivity index (χ0) is 14.0. The van der Waals surface area contributed by atoms with E-state index < -0.39 is 11.7 Å². The quantitative estimate of drug-likeness (QED) is 0.801. The average Bonchev–Trinajstić information content (AvgIpc) is 2.13. The van der Waals surface area contributed by atoms with Gasteiger partial charge in [-0.1, -0.05) is 32.4 Å². The number of hydrogen-bond acceptors (Lipinski definition) is 1. The molecule has 0 unspecified atom stereocenters. The first kappa shape index (κ1) is 15.2. The summed E-state index contributed by atoms with van der Waals surface area (Å²) in [7, 11) is 0. The highest BCUT2D eigenvalue weighted by Crippen LogP contribution is 2.33. The fourth-order valence-corrected chi connectivity index (χ4v) is 1.67. The Morgan fingerprint density at radius 2 is 1.72 bits per heavy atom. The maximum absolute atomic E-state index is 12.6. The second kappa shape index (κ2) is 5.39. The van der Waals surface area contributed by atoms with Gasteiger partial charge in [-0.3, -0.25) is 0 Å². The predicted molar refractivity (Wildman–Crippen MR) is 69.0 cm³/mol. The monoisotopic (exact) mass is 279 g/mol. The molecule has 0 saturated carbocycles. The smallest absolute Gasteiger partial charge is 0.385 e. The number of alkyl halides is 3. The van der Waals surface area contributed by atoms with Gasteiger partial charge in [-0.15, -0.1) is 0 Å². The molecule has 0 aliphatic heterocycles. The van der Waals surface area contributed by atoms with Crippen LogP contribution in [0.1, 0.15) is 32.8 Å². The first-order valence-electron chi connectivity index (χ1n) is 5.70. The Hall–Kier alpha value is -0.900. The van der Waals surface area contributed by atoms with Crippen LogP contribution < -0.4 is 5.32 Å². The number of benzene rings is 1. The number of hydrogen-bond donors (Lipinski definition) is 1. The van der Waals surface area contributed by atoms with E-state index in [1.54, 1.807) is 0 Å². The van der Waals surface area contributed by atoms with E-state index in [0.717, 1.165) is 18.6 Å². The molecule has 1 aromatic rings. The summed E-state index contributed by atoms with van der Waals surface area (Å²) in [6, 6.07) is 3.50. The highest BCUT2D eigenvalue weighted by atomic mass is 35.5. The Morgan fingerprint density at radius 1 is 1.11 bits per heavy atom. The van der Waals surface area contributed by atoms with E-state index in [0.29, 0.717) is 12.2 Å². The van der Waals surface area contributed by atoms with Crippen molar-refractivity contribution in [1.82, 2.24) is 0 Å². The van der Waals surface area contributed by atoms with Crippen LogP contribution in [0.25, 0.3) is 0 Å². The van der Waals surface area contributed by atoms with Gasteiger partial charge in [-0.2, -0.15) is 13.2 Å². The first-order chi connectivity index (χ1) is 8.08. The Bertz CT molecular complexity index is 408. The van der Waals surface area contributed by atoms with E-state index in [9.17, 15) is 13.2 Å². The number of anilines is 1. The maximum atomic E-state index is 12.6. The van der Waals surface area contributed by atoms with Gasteiger partial charge in [0.15, 0.2) is 0 Å². The van der Waals surface area contributed by atoms with Gasteiger partial charge < -0.3 is 5.32 Å². The van der Waals surface area contributed by atoms with Crippen LogP contribution in [0.4, 0.5) is 18.9 Å². The van der Waals surface area contributed by atoms with Crippen LogP contribution in [0.2, 0.25) is 5.02 Å². The lowest BCUT2D eigenvalue weighted by atomic mass is 9.92. The summed E-state index contributed by atoms with van der Waals surface area (Å²) in [5.74, 6) is 0. The predicted octanol–water partition coefficient (Wildman–Crippen LogP) is 5.21. The average molecular weight is 280 g/mol. The van der Waals surface area contributed by atoms with Crippen LogP contribution in [0.3, 0.4) is 0 Å². The second-order valence-corrected chi connectivity index (χ2v) is 5.90. The van der Waals surface area contributed by atoms with Crippen molar-refractivity contribution in [3.63, 3.8) is 0 Å². The Kier molecular flexibility index (Phi) is 4.54. The zero-order valence-electron chi connectivity index (χ0n) is 10.7. The fraction of sp³-hybridized carbons (Fsp3) is 0.538. The van der Waals surface area contributed by atoms with E-state index in [1.807, 2.05) is 0 Å². The zero-order valence-corrected chi connectivity index (χ0v) is 11.4. The molecule has 0 spiro atoms. The molecule has 0 bridgehead atoms. The van der Waals surface area contributed by atoms with Gasteiger partial charge in [0, 0.05) is 17.3 Å². The van der Waals surface area contributed by atoms with Crippen molar-refractivity contribution in [1.29, 1.82) is 0 Å². The van der Waals surface area contributed by atoms with Crippen LogP contribution in [-0.2, 0) is 6.18 Å². The van der Waals surface area contributed by atoms with E-state index in [2.05, 4.69) is 26.1 Å². The topological polar surface area (TPSA) is 12.0 Å². The van der Waals surface area contributed by atoms with Crippen molar-refractivity contribution >= 4 is 17.3 Å². The lowest BCUT2D eigenvalue weighted by Crippen LogP contribution is -2.13. The van der Waals surface area contributed by atoms with Crippen molar-refractivity contribution < 1.29 is 13.2 Å². The van der Waals surface area contributed by atoms with Crippen LogP contribution >= 0.6 is 11.6 Å². The minimum atomic E-state index is -4.37. The lowest BCUT2D eigenvalue weighted by molar-refractivity contribution is -0.137. The van der Waals surface area contributed by atoms with E-state index in [-0.39, 0.29) is 10.4 Å². The van der Waals surface area contributed by atoms with Crippen molar-refractivity contribution in [2.75, 3.05) is 11.9 Å². The van der Waals surface area contributed by atoms with Crippen LogP contribution in [0.15, 0.2) is 18.2 Å². The highest BCUT2D eigenvalue weighted by molar-refractivity contribution is 6.30. The van der Waals surface area contributed by atoms with Gasteiger partial charge in [0.05, 0.1) is 5.56 Å². The van der Waals surface area contributed by atoms with E-state index in [4.69, 9.17) is 11.6 Å². The van der Waals surface area contributed by atoms with Crippen molar-refractivity contribution in [3.05, 3.63) is 28.8 Å². The third kappa shape index (κ3) is 5.17. The summed E-state index contributed by atoms with van der Waals surface area (Å²) in [6.45, 7) is 6.84. The van der Waals surface area contributed by atoms with Crippen LogP contribution in [0.5, 0.6) is 0 Å². The molecule has 0 atom stereocenters. The summed E-state index contributed by atoms with van der Waals surface area (Å²) < 4.78 is 37.7. The fourth-order valence-electron chi connectivity index (χ4n) is 1.44. The van der Waals surface area contributed by atoms with Gasteiger partial charge in [0.1, 0.15) is 0 Å². The molecule has 0 amide bonds. The molecule has 0 aliphatic rings. The molecule has 1 N–H and O–H groups in total. The normalized spacial score (nSPS) is 12.6. The molecule has 0 aromatic heterocycles. The van der Waals surface area contributed by atoms with Crippen molar-refractivity contribution in [2.45, 2.75) is 33.4 Å². The standard InChI is InChI=1S/C13H17ClF3N/c1-12(2,3)4-5-18-11-7-9(13(15,16)17)6-10(14)8-11/h6-8,18H,4-5H2,1-3H3. The van der Waals surface area contributed by atoms with Crippen LogP contribution in [0, 0.1) is 5.41 Å². The molecule has 0 heterocycles. The lowest BCUT2D eigenvalue weighted by Gasteiger charge is -2.19. The van der Waals surface area contributed by atoms with Gasteiger partial charge in [-0.25, -0.2) is 0 Å². The summed E-state index contributed by atoms with van der Waals surface area (Å²) in [6.07, 6.45) is -3.51. The molecule has 0 radical (unpaired) electrons. The van der Waals surface area contributed by atoms with Crippen molar-refractivity contribution in [3.8, 4) is 0 Å². The first-order valence-corrected chi connectivity index (χ1v) is 6.07. The Labute approximate surface area is 110 Å². The van der Waals surface area contributed by atoms with Gasteiger partial charge in [0.2, 0.25) is 0 Å². The van der Waals surface area contributed by atoms with Crippen LogP contribution in [-0.4, -0.2) is 6.54 Å². The Balaban J connectivity index is 2.75.